The van der Waals surface area contributed by atoms with Gasteiger partial charge in [0.25, 0.3) is 5.91 Å². The number of halogens is 1. The lowest BCUT2D eigenvalue weighted by Crippen LogP contribution is -2.31. The van der Waals surface area contributed by atoms with E-state index in [1.807, 2.05) is 31.2 Å². The minimum absolute atomic E-state index is 0.0341. The Balaban J connectivity index is 1.84. The van der Waals surface area contributed by atoms with Crippen molar-refractivity contribution in [3.05, 3.63) is 52.9 Å². The number of carbonyl (C=O) groups is 1. The zero-order valence-corrected chi connectivity index (χ0v) is 12.0. The molecule has 0 aliphatic carbocycles. The molecule has 1 aromatic heterocycles. The Kier molecular flexibility index (Phi) is 4.63. The van der Waals surface area contributed by atoms with Gasteiger partial charge in [0.2, 0.25) is 0 Å². The number of amides is 1. The van der Waals surface area contributed by atoms with E-state index in [0.29, 0.717) is 11.5 Å². The molecule has 19 heavy (non-hydrogen) atoms. The maximum atomic E-state index is 11.7. The molecule has 5 heteroatoms. The molecule has 1 heterocycles. The number of ether oxygens (including phenoxy) is 1. The van der Waals surface area contributed by atoms with E-state index >= 15 is 0 Å². The van der Waals surface area contributed by atoms with E-state index in [0.717, 1.165) is 4.47 Å². The largest absolute Gasteiger partial charge is 0.483 e. The van der Waals surface area contributed by atoms with Gasteiger partial charge in [-0.1, -0.05) is 12.1 Å². The zero-order chi connectivity index (χ0) is 13.7. The molecule has 0 radical (unpaired) electrons. The van der Waals surface area contributed by atoms with Crippen LogP contribution >= 0.6 is 15.9 Å². The maximum Gasteiger partial charge on any atom is 0.258 e. The highest BCUT2D eigenvalue weighted by Gasteiger charge is 2.12. The minimum Gasteiger partial charge on any atom is -0.483 e. The van der Waals surface area contributed by atoms with Gasteiger partial charge in [-0.2, -0.15) is 0 Å². The van der Waals surface area contributed by atoms with Crippen molar-refractivity contribution >= 4 is 21.8 Å². The van der Waals surface area contributed by atoms with E-state index in [2.05, 4.69) is 21.2 Å². The van der Waals surface area contributed by atoms with Crippen molar-refractivity contribution < 1.29 is 13.9 Å². The molecule has 0 aliphatic heterocycles. The highest BCUT2D eigenvalue weighted by atomic mass is 79.9. The lowest BCUT2D eigenvalue weighted by atomic mass is 10.2. The fourth-order valence-corrected chi connectivity index (χ4v) is 2.00. The van der Waals surface area contributed by atoms with Crippen LogP contribution < -0.4 is 10.1 Å². The van der Waals surface area contributed by atoms with E-state index in [-0.39, 0.29) is 18.6 Å². The molecule has 1 N–H and O–H groups in total. The molecule has 4 nitrogen and oxygen atoms in total. The molecular weight excluding hydrogens is 310 g/mol. The van der Waals surface area contributed by atoms with Crippen LogP contribution in [0.15, 0.2) is 51.6 Å². The molecule has 1 amide bonds. The van der Waals surface area contributed by atoms with Crippen LogP contribution in [0.3, 0.4) is 0 Å². The second kappa shape index (κ2) is 6.43. The van der Waals surface area contributed by atoms with E-state index < -0.39 is 0 Å². The first-order valence-electron chi connectivity index (χ1n) is 5.87. The summed E-state index contributed by atoms with van der Waals surface area (Å²) in [5, 5.41) is 2.80. The number of hydrogen-bond donors (Lipinski definition) is 1. The summed E-state index contributed by atoms with van der Waals surface area (Å²) in [6.45, 7) is 1.82. The molecule has 0 aliphatic rings. The zero-order valence-electron chi connectivity index (χ0n) is 10.4. The van der Waals surface area contributed by atoms with Crippen LogP contribution in [0.2, 0.25) is 0 Å². The summed E-state index contributed by atoms with van der Waals surface area (Å²) in [7, 11) is 0. The van der Waals surface area contributed by atoms with Crippen LogP contribution in [0, 0.1) is 0 Å². The Morgan fingerprint density at radius 3 is 2.84 bits per heavy atom. The van der Waals surface area contributed by atoms with E-state index in [1.54, 1.807) is 18.4 Å². The number of carbonyl (C=O) groups excluding carboxylic acids is 1. The first kappa shape index (κ1) is 13.7. The lowest BCUT2D eigenvalue weighted by molar-refractivity contribution is -0.123. The predicted molar refractivity (Wildman–Crippen MR) is 74.9 cm³/mol. The number of benzene rings is 1. The average Bonchev–Trinajstić information content (AvgIpc) is 2.91. The average molecular weight is 324 g/mol. The predicted octanol–water partition coefficient (Wildman–Crippen LogP) is 3.30. The second-order valence-corrected chi connectivity index (χ2v) is 4.88. The summed E-state index contributed by atoms with van der Waals surface area (Å²) in [4.78, 5) is 11.7. The van der Waals surface area contributed by atoms with Crippen molar-refractivity contribution in [3.63, 3.8) is 0 Å². The Bertz CT molecular complexity index is 539. The Labute approximate surface area is 119 Å². The molecule has 2 rings (SSSR count). The quantitative estimate of drug-likeness (QED) is 0.918. The van der Waals surface area contributed by atoms with Crippen LogP contribution in [0.5, 0.6) is 5.75 Å². The summed E-state index contributed by atoms with van der Waals surface area (Å²) in [6.07, 6.45) is 1.58. The fraction of sp³-hybridized carbons (Fsp3) is 0.214. The van der Waals surface area contributed by atoms with Gasteiger partial charge < -0.3 is 14.5 Å². The molecule has 2 aromatic rings. The van der Waals surface area contributed by atoms with Crippen molar-refractivity contribution in [2.24, 2.45) is 0 Å². The summed E-state index contributed by atoms with van der Waals surface area (Å²) in [5.74, 6) is 1.16. The van der Waals surface area contributed by atoms with Gasteiger partial charge in [0.1, 0.15) is 11.5 Å². The maximum absolute atomic E-state index is 11.7. The van der Waals surface area contributed by atoms with Crippen LogP contribution in [-0.2, 0) is 4.79 Å². The van der Waals surface area contributed by atoms with Crippen molar-refractivity contribution in [2.75, 3.05) is 6.61 Å². The summed E-state index contributed by atoms with van der Waals surface area (Å²) < 4.78 is 11.5. The summed E-state index contributed by atoms with van der Waals surface area (Å²) in [6, 6.07) is 10.8. The lowest BCUT2D eigenvalue weighted by Gasteiger charge is -2.12. The summed E-state index contributed by atoms with van der Waals surface area (Å²) in [5.41, 5.74) is 0. The topological polar surface area (TPSA) is 51.5 Å². The van der Waals surface area contributed by atoms with Gasteiger partial charge in [-0.25, -0.2) is 0 Å². The van der Waals surface area contributed by atoms with Gasteiger partial charge in [0.05, 0.1) is 16.8 Å². The Hall–Kier alpha value is -1.75. The van der Waals surface area contributed by atoms with Crippen molar-refractivity contribution in [1.82, 2.24) is 5.32 Å². The van der Waals surface area contributed by atoms with Gasteiger partial charge in [-0.3, -0.25) is 4.79 Å². The fourth-order valence-electron chi connectivity index (χ4n) is 1.60. The third kappa shape index (κ3) is 3.86. The van der Waals surface area contributed by atoms with Crippen molar-refractivity contribution in [3.8, 4) is 5.75 Å². The number of furan rings is 1. The first-order chi connectivity index (χ1) is 9.16. The summed E-state index contributed by atoms with van der Waals surface area (Å²) >= 11 is 3.36. The molecule has 0 saturated heterocycles. The highest BCUT2D eigenvalue weighted by Crippen LogP contribution is 2.23. The Morgan fingerprint density at radius 1 is 1.37 bits per heavy atom. The number of hydrogen-bond acceptors (Lipinski definition) is 3. The third-order valence-electron chi connectivity index (χ3n) is 2.54. The Morgan fingerprint density at radius 2 is 2.16 bits per heavy atom. The molecule has 0 spiro atoms. The van der Waals surface area contributed by atoms with E-state index in [9.17, 15) is 4.79 Å². The molecule has 100 valence electrons. The highest BCUT2D eigenvalue weighted by molar-refractivity contribution is 9.10. The van der Waals surface area contributed by atoms with Gasteiger partial charge >= 0.3 is 0 Å². The van der Waals surface area contributed by atoms with Gasteiger partial charge in [-0.05, 0) is 47.1 Å². The molecular formula is C14H14BrNO3. The van der Waals surface area contributed by atoms with Crippen molar-refractivity contribution in [2.45, 2.75) is 13.0 Å². The molecule has 0 bridgehead atoms. The molecule has 1 aromatic carbocycles. The van der Waals surface area contributed by atoms with E-state index in [4.69, 9.17) is 9.15 Å². The van der Waals surface area contributed by atoms with Crippen LogP contribution in [0.4, 0.5) is 0 Å². The van der Waals surface area contributed by atoms with Crippen LogP contribution in [0.25, 0.3) is 0 Å². The number of rotatable bonds is 5. The van der Waals surface area contributed by atoms with Gasteiger partial charge in [0.15, 0.2) is 6.61 Å². The van der Waals surface area contributed by atoms with Crippen LogP contribution in [-0.4, -0.2) is 12.5 Å². The normalized spacial score (nSPS) is 11.9. The second-order valence-electron chi connectivity index (χ2n) is 4.02. The minimum atomic E-state index is -0.195. The molecule has 0 saturated carbocycles. The van der Waals surface area contributed by atoms with Crippen molar-refractivity contribution in [1.29, 1.82) is 0 Å². The van der Waals surface area contributed by atoms with Gasteiger partial charge in [-0.15, -0.1) is 0 Å². The molecule has 0 fully saturated rings. The number of nitrogens with one attached hydrogen (secondary N) is 1. The molecule has 1 atom stereocenters. The van der Waals surface area contributed by atoms with Gasteiger partial charge in [0, 0.05) is 0 Å². The van der Waals surface area contributed by atoms with Crippen LogP contribution in [0.1, 0.15) is 18.7 Å². The smallest absolute Gasteiger partial charge is 0.258 e. The molecule has 0 unspecified atom stereocenters. The third-order valence-corrected chi connectivity index (χ3v) is 3.20. The first-order valence-corrected chi connectivity index (χ1v) is 6.66. The standard InChI is InChI=1S/C14H14BrNO3/c1-10(12-7-4-8-18-12)16-14(17)9-19-13-6-3-2-5-11(13)15/h2-8,10H,9H2,1H3,(H,16,17)/t10-/m1/s1. The monoisotopic (exact) mass is 323 g/mol. The SMILES string of the molecule is C[C@@H](NC(=O)COc1ccccc1Br)c1ccco1. The van der Waals surface area contributed by atoms with E-state index in [1.165, 1.54) is 0 Å². The number of para-hydroxylation sites is 1.